The van der Waals surface area contributed by atoms with E-state index in [1.54, 1.807) is 0 Å². The predicted octanol–water partition coefficient (Wildman–Crippen LogP) is 4.47. The fraction of sp³-hybridized carbons (Fsp3) is 0. The fourth-order valence-corrected chi connectivity index (χ4v) is 2.54. The Balaban J connectivity index is 2.28. The summed E-state index contributed by atoms with van der Waals surface area (Å²) < 4.78 is 0. The molecular weight excluding hydrogens is 206 g/mol. The van der Waals surface area contributed by atoms with Crippen molar-refractivity contribution in [2.24, 2.45) is 0 Å². The van der Waals surface area contributed by atoms with Crippen LogP contribution in [0.25, 0.3) is 32.6 Å². The first-order valence-corrected chi connectivity index (χ1v) is 5.81. The van der Waals surface area contributed by atoms with E-state index in [0.29, 0.717) is 0 Å². The van der Waals surface area contributed by atoms with Gasteiger partial charge in [0.25, 0.3) is 0 Å². The molecule has 17 heavy (non-hydrogen) atoms. The molecule has 80 valence electrons. The van der Waals surface area contributed by atoms with Crippen LogP contribution in [-0.4, -0.2) is 4.98 Å². The number of aromatic amines is 1. The highest BCUT2D eigenvalue weighted by Gasteiger charge is 2.04. The number of hydrogen-bond donors (Lipinski definition) is 1. The molecule has 0 amide bonds. The van der Waals surface area contributed by atoms with Crippen LogP contribution in [0.3, 0.4) is 0 Å². The van der Waals surface area contributed by atoms with E-state index in [0.717, 1.165) is 0 Å². The van der Waals surface area contributed by atoms with Crippen LogP contribution in [0.2, 0.25) is 0 Å². The van der Waals surface area contributed by atoms with Crippen LogP contribution >= 0.6 is 0 Å². The van der Waals surface area contributed by atoms with E-state index in [1.807, 2.05) is 0 Å². The lowest BCUT2D eigenvalue weighted by atomic mass is 10.1. The number of para-hydroxylation sites is 1. The van der Waals surface area contributed by atoms with Gasteiger partial charge in [0, 0.05) is 21.8 Å². The second kappa shape index (κ2) is 3.11. The minimum Gasteiger partial charge on any atom is -0.354 e. The van der Waals surface area contributed by atoms with Crippen molar-refractivity contribution in [2.45, 2.75) is 0 Å². The molecule has 1 N–H and O–H groups in total. The molecular formula is C16H11N. The summed E-state index contributed by atoms with van der Waals surface area (Å²) in [6, 6.07) is 21.4. The van der Waals surface area contributed by atoms with Gasteiger partial charge in [-0.05, 0) is 29.0 Å². The monoisotopic (exact) mass is 217 g/mol. The molecule has 0 radical (unpaired) electrons. The van der Waals surface area contributed by atoms with Gasteiger partial charge in [0.05, 0.1) is 0 Å². The van der Waals surface area contributed by atoms with Crippen LogP contribution < -0.4 is 0 Å². The number of rotatable bonds is 0. The lowest BCUT2D eigenvalue weighted by molar-refractivity contribution is 1.55. The maximum atomic E-state index is 3.47. The first-order valence-electron chi connectivity index (χ1n) is 5.81. The Morgan fingerprint density at radius 2 is 1.29 bits per heavy atom. The molecule has 0 aliphatic heterocycles. The molecule has 0 spiro atoms. The van der Waals surface area contributed by atoms with Gasteiger partial charge in [-0.3, -0.25) is 0 Å². The van der Waals surface area contributed by atoms with Gasteiger partial charge in [0.1, 0.15) is 0 Å². The number of H-pyrrole nitrogens is 1. The van der Waals surface area contributed by atoms with Crippen LogP contribution in [0.4, 0.5) is 0 Å². The van der Waals surface area contributed by atoms with Gasteiger partial charge >= 0.3 is 0 Å². The highest BCUT2D eigenvalue weighted by atomic mass is 14.7. The second-order valence-electron chi connectivity index (χ2n) is 4.42. The molecule has 1 aromatic heterocycles. The van der Waals surface area contributed by atoms with Gasteiger partial charge in [0.15, 0.2) is 0 Å². The molecule has 4 rings (SSSR count). The van der Waals surface area contributed by atoms with Crippen molar-refractivity contribution >= 4 is 32.6 Å². The normalized spacial score (nSPS) is 11.5. The number of nitrogens with one attached hydrogen (secondary N) is 1. The fourth-order valence-electron chi connectivity index (χ4n) is 2.54. The third-order valence-electron chi connectivity index (χ3n) is 3.37. The van der Waals surface area contributed by atoms with Gasteiger partial charge < -0.3 is 4.98 Å². The standard InChI is InChI=1S/C16H11N/c1-2-6-12-10-16-14(9-11(12)5-1)13-7-3-4-8-15(13)17-16/h1-10,17H. The largest absolute Gasteiger partial charge is 0.354 e. The van der Waals surface area contributed by atoms with Gasteiger partial charge in [-0.1, -0.05) is 42.5 Å². The molecule has 0 saturated carbocycles. The summed E-state index contributed by atoms with van der Waals surface area (Å²) in [5, 5.41) is 5.18. The van der Waals surface area contributed by atoms with E-state index < -0.39 is 0 Å². The molecule has 3 aromatic carbocycles. The van der Waals surface area contributed by atoms with E-state index in [9.17, 15) is 0 Å². The molecule has 1 heteroatoms. The minimum atomic E-state index is 1.21. The maximum absolute atomic E-state index is 3.47. The Bertz CT molecular complexity index is 834. The van der Waals surface area contributed by atoms with Crippen molar-refractivity contribution in [3.63, 3.8) is 0 Å². The molecule has 1 nitrogen and oxygen atoms in total. The molecule has 1 heterocycles. The van der Waals surface area contributed by atoms with Gasteiger partial charge in [-0.25, -0.2) is 0 Å². The number of hydrogen-bond acceptors (Lipinski definition) is 0. The van der Waals surface area contributed by atoms with Gasteiger partial charge in [0.2, 0.25) is 0 Å². The third-order valence-corrected chi connectivity index (χ3v) is 3.37. The summed E-state index contributed by atoms with van der Waals surface area (Å²) in [5.41, 5.74) is 2.42. The molecule has 0 atom stereocenters. The van der Waals surface area contributed by atoms with Crippen LogP contribution in [-0.2, 0) is 0 Å². The summed E-state index contributed by atoms with van der Waals surface area (Å²) in [4.78, 5) is 3.47. The smallest absolute Gasteiger partial charge is 0.0471 e. The highest BCUT2D eigenvalue weighted by molar-refractivity contribution is 6.11. The number of fused-ring (bicyclic) bond motifs is 4. The Hall–Kier alpha value is -2.28. The molecule has 0 bridgehead atoms. The van der Waals surface area contributed by atoms with Crippen LogP contribution in [0.15, 0.2) is 60.7 Å². The molecule has 4 aromatic rings. The van der Waals surface area contributed by atoms with Crippen molar-refractivity contribution in [3.8, 4) is 0 Å². The van der Waals surface area contributed by atoms with Crippen molar-refractivity contribution in [3.05, 3.63) is 60.7 Å². The lowest BCUT2D eigenvalue weighted by Gasteiger charge is -1.97. The summed E-state index contributed by atoms with van der Waals surface area (Å²) in [7, 11) is 0. The zero-order valence-corrected chi connectivity index (χ0v) is 9.27. The zero-order valence-electron chi connectivity index (χ0n) is 9.27. The maximum Gasteiger partial charge on any atom is 0.0471 e. The molecule has 0 fully saturated rings. The molecule has 0 aliphatic carbocycles. The van der Waals surface area contributed by atoms with Crippen molar-refractivity contribution in [2.75, 3.05) is 0 Å². The Labute approximate surface area is 98.7 Å². The molecule has 0 aliphatic rings. The summed E-state index contributed by atoms with van der Waals surface area (Å²) in [6.45, 7) is 0. The van der Waals surface area contributed by atoms with E-state index in [-0.39, 0.29) is 0 Å². The van der Waals surface area contributed by atoms with Gasteiger partial charge in [-0.2, -0.15) is 0 Å². The highest BCUT2D eigenvalue weighted by Crippen LogP contribution is 2.28. The van der Waals surface area contributed by atoms with Crippen LogP contribution in [0, 0.1) is 0 Å². The Morgan fingerprint density at radius 1 is 0.588 bits per heavy atom. The Morgan fingerprint density at radius 3 is 2.18 bits per heavy atom. The average molecular weight is 217 g/mol. The van der Waals surface area contributed by atoms with E-state index in [4.69, 9.17) is 0 Å². The third kappa shape index (κ3) is 1.19. The first-order chi connectivity index (χ1) is 8.42. The topological polar surface area (TPSA) is 15.8 Å². The summed E-state index contributed by atoms with van der Waals surface area (Å²) in [5.74, 6) is 0. The summed E-state index contributed by atoms with van der Waals surface area (Å²) in [6.07, 6.45) is 0. The van der Waals surface area contributed by atoms with E-state index >= 15 is 0 Å². The average Bonchev–Trinajstić information content (AvgIpc) is 2.73. The zero-order chi connectivity index (χ0) is 11.2. The minimum absolute atomic E-state index is 1.21. The van der Waals surface area contributed by atoms with Crippen molar-refractivity contribution in [1.82, 2.24) is 4.98 Å². The second-order valence-corrected chi connectivity index (χ2v) is 4.42. The first kappa shape index (κ1) is 8.82. The molecule has 0 saturated heterocycles. The predicted molar refractivity (Wildman–Crippen MR) is 73.3 cm³/mol. The van der Waals surface area contributed by atoms with Crippen LogP contribution in [0.1, 0.15) is 0 Å². The van der Waals surface area contributed by atoms with Crippen molar-refractivity contribution in [1.29, 1.82) is 0 Å². The number of benzene rings is 3. The van der Waals surface area contributed by atoms with Crippen molar-refractivity contribution < 1.29 is 0 Å². The SMILES string of the molecule is c1ccc2cc3c(cc2c1)[nH]c1ccccc13. The molecule has 0 unspecified atom stereocenters. The van der Waals surface area contributed by atoms with Crippen LogP contribution in [0.5, 0.6) is 0 Å². The quantitative estimate of drug-likeness (QED) is 0.447. The van der Waals surface area contributed by atoms with E-state index in [1.165, 1.54) is 32.6 Å². The Kier molecular flexibility index (Phi) is 1.61. The number of aromatic nitrogens is 1. The van der Waals surface area contributed by atoms with Gasteiger partial charge in [-0.15, -0.1) is 0 Å². The summed E-state index contributed by atoms with van der Waals surface area (Å²) >= 11 is 0. The lowest BCUT2D eigenvalue weighted by Crippen LogP contribution is -1.72. The van der Waals surface area contributed by atoms with E-state index in [2.05, 4.69) is 65.6 Å².